The third-order valence-electron chi connectivity index (χ3n) is 2.61. The molecule has 104 valence electrons. The van der Waals surface area contributed by atoms with Crippen molar-refractivity contribution in [2.45, 2.75) is 6.54 Å². The number of aromatic nitrogens is 1. The minimum absolute atomic E-state index is 0.0437. The highest BCUT2D eigenvalue weighted by molar-refractivity contribution is 5.98. The molecular weight excluding hydrogens is 264 g/mol. The van der Waals surface area contributed by atoms with E-state index in [0.717, 1.165) is 11.8 Å². The van der Waals surface area contributed by atoms with Crippen molar-refractivity contribution in [2.24, 2.45) is 0 Å². The number of nitro groups is 1. The second-order valence-electron chi connectivity index (χ2n) is 3.91. The topological polar surface area (TPSA) is 110 Å². The van der Waals surface area contributed by atoms with Crippen LogP contribution in [0.15, 0.2) is 35.3 Å². The van der Waals surface area contributed by atoms with Crippen LogP contribution in [-0.4, -0.2) is 22.9 Å². The molecule has 2 aromatic rings. The zero-order valence-electron chi connectivity index (χ0n) is 10.6. The lowest BCUT2D eigenvalue weighted by Gasteiger charge is -2.06. The number of hydrogen-bond acceptors (Lipinski definition) is 6. The highest BCUT2D eigenvalue weighted by Crippen LogP contribution is 2.20. The van der Waals surface area contributed by atoms with Crippen LogP contribution in [0.2, 0.25) is 0 Å². The first-order chi connectivity index (χ1) is 9.61. The van der Waals surface area contributed by atoms with Crippen LogP contribution in [0.3, 0.4) is 0 Å². The number of nitrogens with zero attached hydrogens (tertiary/aromatic N) is 2. The molecule has 2 rings (SSSR count). The van der Waals surface area contributed by atoms with Crippen molar-refractivity contribution in [1.82, 2.24) is 10.3 Å². The molecule has 2 N–H and O–H groups in total. The number of carbonyl (C=O) groups is 1. The molecule has 0 atom stereocenters. The van der Waals surface area contributed by atoms with Gasteiger partial charge in [0.05, 0.1) is 17.4 Å². The number of carbonyl (C=O) groups excluding carboxylic acids is 1. The average Bonchev–Trinajstić information content (AvgIpc) is 2.97. The van der Waals surface area contributed by atoms with Gasteiger partial charge in [0.2, 0.25) is 0 Å². The second-order valence-corrected chi connectivity index (χ2v) is 3.91. The number of nitrogens with one attached hydrogen (secondary N) is 2. The van der Waals surface area contributed by atoms with Crippen LogP contribution in [0.4, 0.5) is 11.5 Å². The van der Waals surface area contributed by atoms with Crippen molar-refractivity contribution in [3.8, 4) is 0 Å². The molecule has 0 radical (unpaired) electrons. The summed E-state index contributed by atoms with van der Waals surface area (Å²) in [5.74, 6) is -0.166. The standard InChI is InChI=1S/C12H12N4O4/c1-13-11-4-9(10(6-14-11)16(18)19)12(17)15-5-8-2-3-20-7-8/h2-4,6-7H,5H2,1H3,(H,13,14)(H,15,17). The molecule has 2 heterocycles. The third kappa shape index (κ3) is 2.91. The molecule has 0 unspecified atom stereocenters. The van der Waals surface area contributed by atoms with Gasteiger partial charge in [-0.1, -0.05) is 0 Å². The van der Waals surface area contributed by atoms with Gasteiger partial charge in [0.1, 0.15) is 17.6 Å². The van der Waals surface area contributed by atoms with Gasteiger partial charge in [0.25, 0.3) is 11.6 Å². The second kappa shape index (κ2) is 5.83. The third-order valence-corrected chi connectivity index (χ3v) is 2.61. The predicted octanol–water partition coefficient (Wildman–Crippen LogP) is 1.55. The van der Waals surface area contributed by atoms with E-state index in [4.69, 9.17) is 4.42 Å². The Bertz CT molecular complexity index is 624. The van der Waals surface area contributed by atoms with Crippen molar-refractivity contribution in [2.75, 3.05) is 12.4 Å². The van der Waals surface area contributed by atoms with Crippen LogP contribution in [-0.2, 0) is 6.54 Å². The average molecular weight is 276 g/mol. The Morgan fingerprint density at radius 1 is 1.55 bits per heavy atom. The minimum Gasteiger partial charge on any atom is -0.472 e. The summed E-state index contributed by atoms with van der Waals surface area (Å²) in [6.45, 7) is 0.226. The van der Waals surface area contributed by atoms with E-state index in [0.29, 0.717) is 5.82 Å². The van der Waals surface area contributed by atoms with E-state index in [9.17, 15) is 14.9 Å². The Labute approximate surface area is 114 Å². The molecule has 8 nitrogen and oxygen atoms in total. The van der Waals surface area contributed by atoms with Crippen molar-refractivity contribution in [1.29, 1.82) is 0 Å². The summed E-state index contributed by atoms with van der Waals surface area (Å²) >= 11 is 0. The molecule has 8 heteroatoms. The predicted molar refractivity (Wildman–Crippen MR) is 70.3 cm³/mol. The van der Waals surface area contributed by atoms with E-state index >= 15 is 0 Å². The Balaban J connectivity index is 2.20. The van der Waals surface area contributed by atoms with E-state index in [1.54, 1.807) is 13.1 Å². The fourth-order valence-corrected chi connectivity index (χ4v) is 1.58. The molecule has 20 heavy (non-hydrogen) atoms. The summed E-state index contributed by atoms with van der Waals surface area (Å²) in [4.78, 5) is 26.1. The minimum atomic E-state index is -0.640. The van der Waals surface area contributed by atoms with Crippen LogP contribution in [0.5, 0.6) is 0 Å². The molecule has 0 spiro atoms. The first-order valence-corrected chi connectivity index (χ1v) is 5.73. The summed E-state index contributed by atoms with van der Waals surface area (Å²) in [5, 5.41) is 16.2. The largest absolute Gasteiger partial charge is 0.472 e. The fourth-order valence-electron chi connectivity index (χ4n) is 1.58. The van der Waals surface area contributed by atoms with Crippen LogP contribution >= 0.6 is 0 Å². The monoisotopic (exact) mass is 276 g/mol. The van der Waals surface area contributed by atoms with Crippen LogP contribution in [0.25, 0.3) is 0 Å². The number of pyridine rings is 1. The van der Waals surface area contributed by atoms with Gasteiger partial charge < -0.3 is 15.1 Å². The summed E-state index contributed by atoms with van der Waals surface area (Å²) < 4.78 is 4.87. The van der Waals surface area contributed by atoms with Gasteiger partial charge in [-0.25, -0.2) is 4.98 Å². The lowest BCUT2D eigenvalue weighted by molar-refractivity contribution is -0.385. The maximum Gasteiger partial charge on any atom is 0.300 e. The number of furan rings is 1. The Morgan fingerprint density at radius 2 is 2.35 bits per heavy atom. The highest BCUT2D eigenvalue weighted by Gasteiger charge is 2.21. The molecule has 1 amide bonds. The summed E-state index contributed by atoms with van der Waals surface area (Å²) in [7, 11) is 1.61. The van der Waals surface area contributed by atoms with Crippen molar-refractivity contribution in [3.05, 3.63) is 52.1 Å². The number of rotatable bonds is 5. The zero-order valence-corrected chi connectivity index (χ0v) is 10.6. The normalized spacial score (nSPS) is 10.1. The summed E-state index contributed by atoms with van der Waals surface area (Å²) in [5.41, 5.74) is 0.385. The van der Waals surface area contributed by atoms with E-state index in [-0.39, 0.29) is 17.8 Å². The lowest BCUT2D eigenvalue weighted by Crippen LogP contribution is -2.23. The Morgan fingerprint density at radius 3 is 2.95 bits per heavy atom. The maximum atomic E-state index is 12.0. The van der Waals surface area contributed by atoms with E-state index in [1.807, 2.05) is 0 Å². The molecule has 2 aromatic heterocycles. The smallest absolute Gasteiger partial charge is 0.300 e. The van der Waals surface area contributed by atoms with E-state index in [2.05, 4.69) is 15.6 Å². The van der Waals surface area contributed by atoms with Gasteiger partial charge in [0.15, 0.2) is 0 Å². The van der Waals surface area contributed by atoms with E-state index in [1.165, 1.54) is 18.6 Å². The van der Waals surface area contributed by atoms with Gasteiger partial charge in [-0.3, -0.25) is 14.9 Å². The first kappa shape index (κ1) is 13.5. The lowest BCUT2D eigenvalue weighted by atomic mass is 10.2. The molecule has 0 fully saturated rings. The van der Waals surface area contributed by atoms with Crippen molar-refractivity contribution in [3.63, 3.8) is 0 Å². The van der Waals surface area contributed by atoms with Gasteiger partial charge in [-0.15, -0.1) is 0 Å². The Hall–Kier alpha value is -2.90. The molecule has 0 aliphatic heterocycles. The molecule has 0 aliphatic carbocycles. The van der Waals surface area contributed by atoms with Crippen LogP contribution in [0, 0.1) is 10.1 Å². The van der Waals surface area contributed by atoms with Gasteiger partial charge >= 0.3 is 0 Å². The highest BCUT2D eigenvalue weighted by atomic mass is 16.6. The van der Waals surface area contributed by atoms with Gasteiger partial charge in [-0.05, 0) is 6.07 Å². The van der Waals surface area contributed by atoms with Crippen LogP contribution < -0.4 is 10.6 Å². The number of anilines is 1. The molecule has 0 saturated heterocycles. The first-order valence-electron chi connectivity index (χ1n) is 5.73. The fraction of sp³-hybridized carbons (Fsp3) is 0.167. The Kier molecular flexibility index (Phi) is 3.94. The molecule has 0 aliphatic rings. The summed E-state index contributed by atoms with van der Waals surface area (Å²) in [6, 6.07) is 3.03. The maximum absolute atomic E-state index is 12.0. The van der Waals surface area contributed by atoms with Crippen LogP contribution in [0.1, 0.15) is 15.9 Å². The van der Waals surface area contributed by atoms with Gasteiger partial charge in [-0.2, -0.15) is 0 Å². The molecular formula is C12H12N4O4. The SMILES string of the molecule is CNc1cc(C(=O)NCc2ccoc2)c([N+](=O)[O-])cn1. The quantitative estimate of drug-likeness (QED) is 0.633. The zero-order chi connectivity index (χ0) is 14.5. The van der Waals surface area contributed by atoms with Gasteiger partial charge in [0, 0.05) is 25.2 Å². The van der Waals surface area contributed by atoms with Crippen molar-refractivity contribution < 1.29 is 14.1 Å². The molecule has 0 aromatic carbocycles. The molecule has 0 saturated carbocycles. The number of hydrogen-bond donors (Lipinski definition) is 2. The number of amides is 1. The summed E-state index contributed by atoms with van der Waals surface area (Å²) in [6.07, 6.45) is 4.02. The molecule has 0 bridgehead atoms. The van der Waals surface area contributed by atoms with E-state index < -0.39 is 10.8 Å². The van der Waals surface area contributed by atoms with Crippen molar-refractivity contribution >= 4 is 17.4 Å².